The molecule has 1 heterocycles. The SMILES string of the molecule is CC(C)(F)c1[nH]nc2ccc(C(=O)O)cc12. The highest BCUT2D eigenvalue weighted by molar-refractivity contribution is 5.94. The highest BCUT2D eigenvalue weighted by atomic mass is 19.1. The van der Waals surface area contributed by atoms with Gasteiger partial charge in [0.05, 0.1) is 16.8 Å². The van der Waals surface area contributed by atoms with Crippen LogP contribution in [-0.2, 0) is 5.67 Å². The van der Waals surface area contributed by atoms with Crippen molar-refractivity contribution in [1.29, 1.82) is 0 Å². The standard InChI is InChI=1S/C11H11FN2O2/c1-11(2,12)9-7-5-6(10(15)16)3-4-8(7)13-14-9/h3-5H,1-2H3,(H,13,14)(H,15,16). The summed E-state index contributed by atoms with van der Waals surface area (Å²) in [5.41, 5.74) is -0.595. The van der Waals surface area contributed by atoms with E-state index in [1.54, 1.807) is 6.07 Å². The van der Waals surface area contributed by atoms with Crippen LogP contribution in [0, 0.1) is 0 Å². The van der Waals surface area contributed by atoms with Gasteiger partial charge < -0.3 is 5.11 Å². The van der Waals surface area contributed by atoms with Gasteiger partial charge in [-0.25, -0.2) is 9.18 Å². The number of benzene rings is 1. The number of hydrogen-bond acceptors (Lipinski definition) is 2. The Kier molecular flexibility index (Phi) is 2.18. The van der Waals surface area contributed by atoms with Crippen molar-refractivity contribution in [2.24, 2.45) is 0 Å². The van der Waals surface area contributed by atoms with Crippen molar-refractivity contribution in [2.75, 3.05) is 0 Å². The molecule has 0 fully saturated rings. The molecular weight excluding hydrogens is 211 g/mol. The molecule has 0 atom stereocenters. The van der Waals surface area contributed by atoms with Crippen LogP contribution >= 0.6 is 0 Å². The van der Waals surface area contributed by atoms with Crippen molar-refractivity contribution >= 4 is 16.9 Å². The number of carbonyl (C=O) groups is 1. The lowest BCUT2D eigenvalue weighted by Crippen LogP contribution is -2.10. The zero-order valence-electron chi connectivity index (χ0n) is 8.91. The smallest absolute Gasteiger partial charge is 0.335 e. The first-order valence-electron chi connectivity index (χ1n) is 4.80. The van der Waals surface area contributed by atoms with Crippen LogP contribution in [0.5, 0.6) is 0 Å². The van der Waals surface area contributed by atoms with E-state index < -0.39 is 11.6 Å². The van der Waals surface area contributed by atoms with Crippen molar-refractivity contribution < 1.29 is 14.3 Å². The third-order valence-corrected chi connectivity index (χ3v) is 2.40. The Balaban J connectivity index is 2.70. The summed E-state index contributed by atoms with van der Waals surface area (Å²) >= 11 is 0. The zero-order valence-corrected chi connectivity index (χ0v) is 8.91. The van der Waals surface area contributed by atoms with Crippen LogP contribution in [0.4, 0.5) is 4.39 Å². The first kappa shape index (κ1) is 10.6. The number of alkyl halides is 1. The average Bonchev–Trinajstić information content (AvgIpc) is 2.58. The number of carboxylic acids is 1. The molecule has 0 saturated heterocycles. The molecule has 16 heavy (non-hydrogen) atoms. The van der Waals surface area contributed by atoms with Crippen molar-refractivity contribution in [3.05, 3.63) is 29.5 Å². The molecule has 0 saturated carbocycles. The fourth-order valence-electron chi connectivity index (χ4n) is 1.60. The van der Waals surface area contributed by atoms with Crippen LogP contribution in [0.15, 0.2) is 18.2 Å². The van der Waals surface area contributed by atoms with Crippen LogP contribution in [0.25, 0.3) is 10.9 Å². The van der Waals surface area contributed by atoms with Crippen molar-refractivity contribution in [1.82, 2.24) is 10.2 Å². The van der Waals surface area contributed by atoms with E-state index in [9.17, 15) is 9.18 Å². The van der Waals surface area contributed by atoms with E-state index in [-0.39, 0.29) is 5.56 Å². The summed E-state index contributed by atoms with van der Waals surface area (Å²) in [5.74, 6) is -1.04. The predicted molar refractivity (Wildman–Crippen MR) is 57.2 cm³/mol. The number of nitrogens with one attached hydrogen (secondary N) is 1. The summed E-state index contributed by atoms with van der Waals surface area (Å²) in [7, 11) is 0. The Morgan fingerprint density at radius 3 is 2.75 bits per heavy atom. The highest BCUT2D eigenvalue weighted by Gasteiger charge is 2.24. The minimum absolute atomic E-state index is 0.124. The van der Waals surface area contributed by atoms with Crippen LogP contribution < -0.4 is 0 Å². The largest absolute Gasteiger partial charge is 0.478 e. The van der Waals surface area contributed by atoms with E-state index in [1.807, 2.05) is 0 Å². The summed E-state index contributed by atoms with van der Waals surface area (Å²) in [4.78, 5) is 10.8. The number of hydrogen-bond donors (Lipinski definition) is 2. The zero-order chi connectivity index (χ0) is 11.9. The molecule has 0 spiro atoms. The maximum absolute atomic E-state index is 13.8. The van der Waals surface area contributed by atoms with E-state index in [1.165, 1.54) is 26.0 Å². The molecule has 0 aliphatic carbocycles. The molecule has 2 rings (SSSR count). The summed E-state index contributed by atoms with van der Waals surface area (Å²) < 4.78 is 13.8. The number of aromatic amines is 1. The quantitative estimate of drug-likeness (QED) is 0.820. The number of halogens is 1. The monoisotopic (exact) mass is 222 g/mol. The Hall–Kier alpha value is -1.91. The number of fused-ring (bicyclic) bond motifs is 1. The highest BCUT2D eigenvalue weighted by Crippen LogP contribution is 2.29. The summed E-state index contributed by atoms with van der Waals surface area (Å²) in [6.45, 7) is 2.79. The van der Waals surface area contributed by atoms with E-state index in [2.05, 4.69) is 10.2 Å². The molecule has 0 aliphatic heterocycles. The molecule has 0 unspecified atom stereocenters. The van der Waals surface area contributed by atoms with E-state index in [4.69, 9.17) is 5.11 Å². The summed E-state index contributed by atoms with van der Waals surface area (Å²) in [6, 6.07) is 4.43. The molecule has 0 aliphatic rings. The Morgan fingerprint density at radius 1 is 1.50 bits per heavy atom. The molecule has 2 N–H and O–H groups in total. The lowest BCUT2D eigenvalue weighted by atomic mass is 10.0. The van der Waals surface area contributed by atoms with Crippen LogP contribution in [-0.4, -0.2) is 21.3 Å². The Bertz CT molecular complexity index is 555. The maximum Gasteiger partial charge on any atom is 0.335 e. The van der Waals surface area contributed by atoms with Gasteiger partial charge in [0.15, 0.2) is 0 Å². The van der Waals surface area contributed by atoms with Gasteiger partial charge in [0.25, 0.3) is 0 Å². The predicted octanol–water partition coefficient (Wildman–Crippen LogP) is 2.47. The van der Waals surface area contributed by atoms with Crippen molar-refractivity contribution in [2.45, 2.75) is 19.5 Å². The molecule has 0 amide bonds. The average molecular weight is 222 g/mol. The van der Waals surface area contributed by atoms with Gasteiger partial charge in [-0.05, 0) is 32.0 Å². The molecule has 2 aromatic rings. The molecule has 1 aromatic carbocycles. The number of rotatable bonds is 2. The third kappa shape index (κ3) is 1.64. The number of aromatic nitrogens is 2. The van der Waals surface area contributed by atoms with Gasteiger partial charge in [-0.15, -0.1) is 0 Å². The first-order chi connectivity index (χ1) is 7.39. The van der Waals surface area contributed by atoms with Crippen molar-refractivity contribution in [3.8, 4) is 0 Å². The Labute approximate surface area is 91.1 Å². The summed E-state index contributed by atoms with van der Waals surface area (Å²) in [6.07, 6.45) is 0. The molecular formula is C11H11FN2O2. The van der Waals surface area contributed by atoms with Gasteiger partial charge in [-0.1, -0.05) is 0 Å². The minimum Gasteiger partial charge on any atom is -0.478 e. The maximum atomic E-state index is 13.8. The number of carboxylic acid groups (broad SMARTS) is 1. The lowest BCUT2D eigenvalue weighted by molar-refractivity contribution is 0.0697. The van der Waals surface area contributed by atoms with E-state index in [0.29, 0.717) is 16.6 Å². The molecule has 0 bridgehead atoms. The third-order valence-electron chi connectivity index (χ3n) is 2.40. The molecule has 4 nitrogen and oxygen atoms in total. The van der Waals surface area contributed by atoms with Gasteiger partial charge in [0, 0.05) is 5.39 Å². The fourth-order valence-corrected chi connectivity index (χ4v) is 1.60. The second kappa shape index (κ2) is 3.30. The van der Waals surface area contributed by atoms with Crippen LogP contribution in [0.1, 0.15) is 29.9 Å². The molecule has 5 heteroatoms. The normalized spacial score (nSPS) is 11.9. The van der Waals surface area contributed by atoms with Gasteiger partial charge in [0.2, 0.25) is 0 Å². The minimum atomic E-state index is -1.58. The van der Waals surface area contributed by atoms with Crippen molar-refractivity contribution in [3.63, 3.8) is 0 Å². The lowest BCUT2D eigenvalue weighted by Gasteiger charge is -2.11. The second-order valence-electron chi connectivity index (χ2n) is 4.11. The van der Waals surface area contributed by atoms with Gasteiger partial charge in [0.1, 0.15) is 5.67 Å². The number of nitrogens with zero attached hydrogens (tertiary/aromatic N) is 1. The number of aromatic carboxylic acids is 1. The van der Waals surface area contributed by atoms with E-state index >= 15 is 0 Å². The second-order valence-corrected chi connectivity index (χ2v) is 4.11. The van der Waals surface area contributed by atoms with Crippen LogP contribution in [0.2, 0.25) is 0 Å². The van der Waals surface area contributed by atoms with Gasteiger partial charge in [-0.2, -0.15) is 5.10 Å². The van der Waals surface area contributed by atoms with Gasteiger partial charge >= 0.3 is 5.97 Å². The molecule has 84 valence electrons. The Morgan fingerprint density at radius 2 is 2.19 bits per heavy atom. The van der Waals surface area contributed by atoms with Crippen LogP contribution in [0.3, 0.4) is 0 Å². The van der Waals surface area contributed by atoms with Gasteiger partial charge in [-0.3, -0.25) is 5.10 Å². The number of H-pyrrole nitrogens is 1. The molecule has 0 radical (unpaired) electrons. The van der Waals surface area contributed by atoms with E-state index in [0.717, 1.165) is 0 Å². The summed E-state index contributed by atoms with van der Waals surface area (Å²) in [5, 5.41) is 15.9. The molecule has 1 aromatic heterocycles. The topological polar surface area (TPSA) is 66.0 Å². The first-order valence-corrected chi connectivity index (χ1v) is 4.80. The fraction of sp³-hybridized carbons (Fsp3) is 0.273.